The van der Waals surface area contributed by atoms with E-state index in [1.54, 1.807) is 0 Å². The number of nitrogens with zero attached hydrogens (tertiary/aromatic N) is 1. The highest BCUT2D eigenvalue weighted by Gasteiger charge is 2.23. The standard InChI is InChI=1S/C15H20N2O2S/c1-12(10-13-2-3-13)17-8-9-20(18,19)15-6-4-14(11-16)5-7-15/h4-7,12-13,17H,2-3,8-10H2,1H3. The summed E-state index contributed by atoms with van der Waals surface area (Å²) < 4.78 is 24.2. The van der Waals surface area contributed by atoms with Crippen molar-refractivity contribution in [2.45, 2.75) is 37.1 Å². The summed E-state index contributed by atoms with van der Waals surface area (Å²) in [5.74, 6) is 0.932. The molecule has 0 heterocycles. The van der Waals surface area contributed by atoms with Gasteiger partial charge in [0, 0.05) is 12.6 Å². The molecular formula is C15H20N2O2S. The van der Waals surface area contributed by atoms with Crippen LogP contribution in [0.3, 0.4) is 0 Å². The molecule has 1 aromatic carbocycles. The zero-order chi connectivity index (χ0) is 14.6. The zero-order valence-corrected chi connectivity index (χ0v) is 12.5. The topological polar surface area (TPSA) is 70.0 Å². The fraction of sp³-hybridized carbons (Fsp3) is 0.533. The van der Waals surface area contributed by atoms with Crippen molar-refractivity contribution in [2.24, 2.45) is 5.92 Å². The van der Waals surface area contributed by atoms with E-state index in [9.17, 15) is 8.42 Å². The fourth-order valence-electron chi connectivity index (χ4n) is 2.23. The summed E-state index contributed by atoms with van der Waals surface area (Å²) in [7, 11) is -3.27. The van der Waals surface area contributed by atoms with Crippen LogP contribution in [0, 0.1) is 17.2 Å². The maximum absolute atomic E-state index is 12.1. The van der Waals surface area contributed by atoms with Gasteiger partial charge in [-0.2, -0.15) is 5.26 Å². The molecule has 0 aromatic heterocycles. The molecule has 0 spiro atoms. The molecule has 1 saturated carbocycles. The van der Waals surface area contributed by atoms with Gasteiger partial charge in [-0.1, -0.05) is 12.8 Å². The van der Waals surface area contributed by atoms with Crippen molar-refractivity contribution >= 4 is 9.84 Å². The molecule has 1 unspecified atom stereocenters. The predicted octanol–water partition coefficient (Wildman–Crippen LogP) is 2.11. The van der Waals surface area contributed by atoms with Crippen molar-refractivity contribution in [3.63, 3.8) is 0 Å². The van der Waals surface area contributed by atoms with E-state index in [0.717, 1.165) is 12.3 Å². The Hall–Kier alpha value is -1.38. The van der Waals surface area contributed by atoms with Crippen molar-refractivity contribution < 1.29 is 8.42 Å². The van der Waals surface area contributed by atoms with Crippen molar-refractivity contribution in [1.82, 2.24) is 5.32 Å². The largest absolute Gasteiger partial charge is 0.313 e. The maximum Gasteiger partial charge on any atom is 0.179 e. The first kappa shape index (κ1) is 15.0. The highest BCUT2D eigenvalue weighted by molar-refractivity contribution is 7.91. The Morgan fingerprint density at radius 1 is 1.35 bits per heavy atom. The Morgan fingerprint density at radius 2 is 2.00 bits per heavy atom. The van der Waals surface area contributed by atoms with Crippen LogP contribution in [0.25, 0.3) is 0 Å². The van der Waals surface area contributed by atoms with E-state index >= 15 is 0 Å². The molecule has 0 amide bonds. The minimum atomic E-state index is -3.27. The Balaban J connectivity index is 1.84. The second kappa shape index (κ2) is 6.38. The number of hydrogen-bond donors (Lipinski definition) is 1. The van der Waals surface area contributed by atoms with E-state index in [0.29, 0.717) is 18.2 Å². The Kier molecular flexibility index (Phi) is 4.79. The molecule has 2 rings (SSSR count). The van der Waals surface area contributed by atoms with Crippen LogP contribution in [-0.2, 0) is 9.84 Å². The SMILES string of the molecule is CC(CC1CC1)NCCS(=O)(=O)c1ccc(C#N)cc1. The van der Waals surface area contributed by atoms with Crippen LogP contribution in [0.4, 0.5) is 0 Å². The van der Waals surface area contributed by atoms with Gasteiger partial charge in [-0.25, -0.2) is 8.42 Å². The van der Waals surface area contributed by atoms with Gasteiger partial charge in [0.05, 0.1) is 22.3 Å². The summed E-state index contributed by atoms with van der Waals surface area (Å²) in [6, 6.07) is 8.43. The first-order valence-electron chi connectivity index (χ1n) is 6.97. The quantitative estimate of drug-likeness (QED) is 0.835. The average molecular weight is 292 g/mol. The molecule has 0 aliphatic heterocycles. The number of nitrogens with one attached hydrogen (secondary N) is 1. The molecule has 1 aromatic rings. The Morgan fingerprint density at radius 3 is 2.55 bits per heavy atom. The Bertz CT molecular complexity index is 583. The van der Waals surface area contributed by atoms with Gasteiger partial charge in [-0.15, -0.1) is 0 Å². The van der Waals surface area contributed by atoms with Crippen LogP contribution < -0.4 is 5.32 Å². The van der Waals surface area contributed by atoms with Crippen molar-refractivity contribution in [3.05, 3.63) is 29.8 Å². The lowest BCUT2D eigenvalue weighted by Gasteiger charge is -2.13. The number of nitriles is 1. The van der Waals surface area contributed by atoms with E-state index < -0.39 is 9.84 Å². The molecule has 1 aliphatic carbocycles. The number of benzene rings is 1. The number of sulfone groups is 1. The summed E-state index contributed by atoms with van der Waals surface area (Å²) in [5.41, 5.74) is 0.472. The molecule has 1 fully saturated rings. The van der Waals surface area contributed by atoms with Crippen molar-refractivity contribution in [3.8, 4) is 6.07 Å². The monoisotopic (exact) mass is 292 g/mol. The van der Waals surface area contributed by atoms with Crippen molar-refractivity contribution in [2.75, 3.05) is 12.3 Å². The fourth-order valence-corrected chi connectivity index (χ4v) is 3.40. The van der Waals surface area contributed by atoms with E-state index in [-0.39, 0.29) is 10.6 Å². The van der Waals surface area contributed by atoms with Crippen LogP contribution in [0.15, 0.2) is 29.2 Å². The first-order valence-corrected chi connectivity index (χ1v) is 8.63. The normalized spacial score (nSPS) is 16.6. The molecule has 1 atom stereocenters. The van der Waals surface area contributed by atoms with Crippen LogP contribution >= 0.6 is 0 Å². The minimum absolute atomic E-state index is 0.0912. The van der Waals surface area contributed by atoms with Crippen LogP contribution in [-0.4, -0.2) is 26.8 Å². The molecular weight excluding hydrogens is 272 g/mol. The summed E-state index contributed by atoms with van der Waals surface area (Å²) >= 11 is 0. The van der Waals surface area contributed by atoms with E-state index in [2.05, 4.69) is 12.2 Å². The molecule has 4 nitrogen and oxygen atoms in total. The number of hydrogen-bond acceptors (Lipinski definition) is 4. The molecule has 0 radical (unpaired) electrons. The number of rotatable bonds is 7. The first-order chi connectivity index (χ1) is 9.51. The van der Waals surface area contributed by atoms with Crippen LogP contribution in [0.5, 0.6) is 0 Å². The minimum Gasteiger partial charge on any atom is -0.313 e. The third-order valence-corrected chi connectivity index (χ3v) is 5.32. The molecule has 1 aliphatic rings. The van der Waals surface area contributed by atoms with Gasteiger partial charge in [-0.05, 0) is 43.5 Å². The lowest BCUT2D eigenvalue weighted by Crippen LogP contribution is -2.31. The van der Waals surface area contributed by atoms with Gasteiger partial charge >= 0.3 is 0 Å². The molecule has 0 saturated heterocycles. The third-order valence-electron chi connectivity index (χ3n) is 3.59. The highest BCUT2D eigenvalue weighted by Crippen LogP contribution is 2.33. The Labute approximate surface area is 120 Å². The van der Waals surface area contributed by atoms with Gasteiger partial charge in [0.2, 0.25) is 0 Å². The molecule has 0 bridgehead atoms. The summed E-state index contributed by atoms with van der Waals surface area (Å²) in [5, 5.41) is 12.0. The average Bonchev–Trinajstić information content (AvgIpc) is 3.22. The third kappa shape index (κ3) is 4.32. The maximum atomic E-state index is 12.1. The predicted molar refractivity (Wildman–Crippen MR) is 78.0 cm³/mol. The molecule has 5 heteroatoms. The van der Waals surface area contributed by atoms with Crippen molar-refractivity contribution in [1.29, 1.82) is 5.26 Å². The van der Waals surface area contributed by atoms with E-state index in [4.69, 9.17) is 5.26 Å². The van der Waals surface area contributed by atoms with Gasteiger partial charge in [0.25, 0.3) is 0 Å². The van der Waals surface area contributed by atoms with Gasteiger partial charge in [-0.3, -0.25) is 0 Å². The van der Waals surface area contributed by atoms with Gasteiger partial charge < -0.3 is 5.32 Å². The second-order valence-corrected chi connectivity index (χ2v) is 7.60. The van der Waals surface area contributed by atoms with E-state index in [1.165, 1.54) is 37.1 Å². The molecule has 108 valence electrons. The van der Waals surface area contributed by atoms with E-state index in [1.807, 2.05) is 6.07 Å². The lowest BCUT2D eigenvalue weighted by atomic mass is 10.2. The van der Waals surface area contributed by atoms with Gasteiger partial charge in [0.15, 0.2) is 9.84 Å². The molecule has 20 heavy (non-hydrogen) atoms. The summed E-state index contributed by atoms with van der Waals surface area (Å²) in [6.45, 7) is 2.57. The summed E-state index contributed by atoms with van der Waals surface area (Å²) in [6.07, 6.45) is 3.77. The molecule has 1 N–H and O–H groups in total. The van der Waals surface area contributed by atoms with Crippen LogP contribution in [0.1, 0.15) is 31.7 Å². The zero-order valence-electron chi connectivity index (χ0n) is 11.7. The van der Waals surface area contributed by atoms with Gasteiger partial charge in [0.1, 0.15) is 0 Å². The highest BCUT2D eigenvalue weighted by atomic mass is 32.2. The second-order valence-electron chi connectivity index (χ2n) is 5.49. The summed E-state index contributed by atoms with van der Waals surface area (Å²) in [4.78, 5) is 0.285. The smallest absolute Gasteiger partial charge is 0.179 e. The lowest BCUT2D eigenvalue weighted by molar-refractivity contribution is 0.499. The van der Waals surface area contributed by atoms with Crippen LogP contribution in [0.2, 0.25) is 0 Å².